The number of ether oxygens (including phenoxy) is 2. The molecule has 1 amide bonds. The minimum atomic E-state index is -0.556. The molecule has 0 aliphatic carbocycles. The molecular weight excluding hydrogens is 350 g/mol. The molecule has 1 N–H and O–H groups in total. The van der Waals surface area contributed by atoms with E-state index in [9.17, 15) is 9.59 Å². The molecule has 0 aliphatic heterocycles. The highest BCUT2D eigenvalue weighted by Gasteiger charge is 2.15. The van der Waals surface area contributed by atoms with Crippen molar-refractivity contribution in [1.29, 1.82) is 0 Å². The van der Waals surface area contributed by atoms with Crippen molar-refractivity contribution in [1.82, 2.24) is 5.32 Å². The van der Waals surface area contributed by atoms with Gasteiger partial charge in [-0.05, 0) is 39.0 Å². The number of rotatable bonds is 2. The highest BCUT2D eigenvalue weighted by atomic mass is 79.9. The van der Waals surface area contributed by atoms with Gasteiger partial charge in [0.15, 0.2) is 0 Å². The van der Waals surface area contributed by atoms with E-state index in [4.69, 9.17) is 9.47 Å². The largest absolute Gasteiger partial charge is 0.465 e. The van der Waals surface area contributed by atoms with Crippen LogP contribution in [0.1, 0.15) is 36.7 Å². The molecule has 22 heavy (non-hydrogen) atoms. The second kappa shape index (κ2) is 7.85. The number of hydrogen-bond donors (Lipinski definition) is 1. The summed E-state index contributed by atoms with van der Waals surface area (Å²) in [7, 11) is 1.31. The summed E-state index contributed by atoms with van der Waals surface area (Å²) < 4.78 is 10.6. The highest BCUT2D eigenvalue weighted by molar-refractivity contribution is 9.10. The van der Waals surface area contributed by atoms with Crippen LogP contribution in [0.2, 0.25) is 0 Å². The summed E-state index contributed by atoms with van der Waals surface area (Å²) in [6.07, 6.45) is -0.538. The Morgan fingerprint density at radius 1 is 1.32 bits per heavy atom. The molecule has 0 heterocycles. The van der Waals surface area contributed by atoms with Crippen LogP contribution in [0.5, 0.6) is 0 Å². The third-order valence-electron chi connectivity index (χ3n) is 2.33. The predicted molar refractivity (Wildman–Crippen MR) is 86.6 cm³/mol. The Kier molecular flexibility index (Phi) is 6.44. The van der Waals surface area contributed by atoms with Crippen LogP contribution in [0, 0.1) is 11.8 Å². The molecule has 0 unspecified atom stereocenters. The van der Waals surface area contributed by atoms with E-state index in [1.54, 1.807) is 39.0 Å². The first kappa shape index (κ1) is 18.1. The zero-order chi connectivity index (χ0) is 16.8. The van der Waals surface area contributed by atoms with Crippen LogP contribution in [0.4, 0.5) is 4.79 Å². The fraction of sp³-hybridized carbons (Fsp3) is 0.375. The zero-order valence-corrected chi connectivity index (χ0v) is 14.5. The van der Waals surface area contributed by atoms with Gasteiger partial charge in [-0.3, -0.25) is 0 Å². The van der Waals surface area contributed by atoms with Crippen molar-refractivity contribution in [3.63, 3.8) is 0 Å². The number of esters is 1. The molecule has 0 saturated heterocycles. The maximum atomic E-state index is 11.6. The van der Waals surface area contributed by atoms with Gasteiger partial charge in [-0.1, -0.05) is 27.8 Å². The van der Waals surface area contributed by atoms with Crippen LogP contribution in [0.25, 0.3) is 0 Å². The SMILES string of the molecule is COC(=O)c1ccc(Br)cc1C#CCNC(=O)OC(C)(C)C. The van der Waals surface area contributed by atoms with Crippen LogP contribution in [0.3, 0.4) is 0 Å². The smallest absolute Gasteiger partial charge is 0.408 e. The summed E-state index contributed by atoms with van der Waals surface area (Å²) in [5.41, 5.74) is 0.336. The summed E-state index contributed by atoms with van der Waals surface area (Å²) in [5.74, 6) is 5.15. The third kappa shape index (κ3) is 6.19. The predicted octanol–water partition coefficient (Wildman–Crippen LogP) is 3.11. The molecule has 118 valence electrons. The molecule has 0 atom stereocenters. The summed E-state index contributed by atoms with van der Waals surface area (Å²) in [4.78, 5) is 23.1. The standard InChI is InChI=1S/C16H18BrNO4/c1-16(2,3)22-15(20)18-9-5-6-11-10-12(17)7-8-13(11)14(19)21-4/h7-8,10H,9H2,1-4H3,(H,18,20). The van der Waals surface area contributed by atoms with Gasteiger partial charge in [-0.15, -0.1) is 0 Å². The van der Waals surface area contributed by atoms with Crippen molar-refractivity contribution < 1.29 is 19.1 Å². The first-order valence-electron chi connectivity index (χ1n) is 6.56. The highest BCUT2D eigenvalue weighted by Crippen LogP contribution is 2.16. The Morgan fingerprint density at radius 2 is 2.00 bits per heavy atom. The topological polar surface area (TPSA) is 64.6 Å². The van der Waals surface area contributed by atoms with Crippen LogP contribution >= 0.6 is 15.9 Å². The molecular formula is C16H18BrNO4. The van der Waals surface area contributed by atoms with Crippen molar-refractivity contribution in [3.8, 4) is 11.8 Å². The van der Waals surface area contributed by atoms with E-state index in [1.165, 1.54) is 7.11 Å². The van der Waals surface area contributed by atoms with Gasteiger partial charge in [0, 0.05) is 10.0 Å². The molecule has 1 aromatic rings. The number of alkyl carbamates (subject to hydrolysis) is 1. The Labute approximate surface area is 138 Å². The van der Waals surface area contributed by atoms with E-state index >= 15 is 0 Å². The summed E-state index contributed by atoms with van der Waals surface area (Å²) >= 11 is 3.32. The van der Waals surface area contributed by atoms with E-state index in [1.807, 2.05) is 0 Å². The van der Waals surface area contributed by atoms with Crippen LogP contribution < -0.4 is 5.32 Å². The summed E-state index contributed by atoms with van der Waals surface area (Å²) in [6.45, 7) is 5.45. The van der Waals surface area contributed by atoms with Gasteiger partial charge in [-0.2, -0.15) is 0 Å². The second-order valence-corrected chi connectivity index (χ2v) is 6.25. The number of halogens is 1. The summed E-state index contributed by atoms with van der Waals surface area (Å²) in [6, 6.07) is 5.07. The number of carbonyl (C=O) groups excluding carboxylic acids is 2. The van der Waals surface area contributed by atoms with E-state index in [0.717, 1.165) is 4.47 Å². The fourth-order valence-corrected chi connectivity index (χ4v) is 1.84. The lowest BCUT2D eigenvalue weighted by molar-refractivity contribution is 0.0533. The zero-order valence-electron chi connectivity index (χ0n) is 13.0. The number of carbonyl (C=O) groups is 2. The molecule has 6 heteroatoms. The van der Waals surface area contributed by atoms with E-state index in [-0.39, 0.29) is 6.54 Å². The Morgan fingerprint density at radius 3 is 2.59 bits per heavy atom. The molecule has 0 fully saturated rings. The quantitative estimate of drug-likeness (QED) is 0.644. The normalized spacial score (nSPS) is 10.2. The molecule has 0 aliphatic rings. The first-order valence-corrected chi connectivity index (χ1v) is 7.36. The minimum Gasteiger partial charge on any atom is -0.465 e. The van der Waals surface area contributed by atoms with Crippen molar-refractivity contribution in [2.24, 2.45) is 0 Å². The molecule has 1 aromatic carbocycles. The monoisotopic (exact) mass is 367 g/mol. The van der Waals surface area contributed by atoms with Gasteiger partial charge in [0.25, 0.3) is 0 Å². The third-order valence-corrected chi connectivity index (χ3v) is 2.82. The molecule has 0 aromatic heterocycles. The van der Waals surface area contributed by atoms with Gasteiger partial charge in [0.05, 0.1) is 19.2 Å². The molecule has 1 rings (SSSR count). The molecule has 0 spiro atoms. The Balaban J connectivity index is 2.74. The van der Waals surface area contributed by atoms with E-state index < -0.39 is 17.7 Å². The van der Waals surface area contributed by atoms with Gasteiger partial charge in [0.1, 0.15) is 5.60 Å². The van der Waals surface area contributed by atoms with E-state index in [0.29, 0.717) is 11.1 Å². The van der Waals surface area contributed by atoms with Crippen molar-refractivity contribution in [3.05, 3.63) is 33.8 Å². The first-order chi connectivity index (χ1) is 10.2. The Bertz CT molecular complexity index is 623. The van der Waals surface area contributed by atoms with Gasteiger partial charge in [0.2, 0.25) is 0 Å². The van der Waals surface area contributed by atoms with Crippen LogP contribution in [-0.4, -0.2) is 31.3 Å². The molecule has 0 bridgehead atoms. The Hall–Kier alpha value is -2.00. The maximum Gasteiger partial charge on any atom is 0.408 e. The lowest BCUT2D eigenvalue weighted by atomic mass is 10.1. The fourth-order valence-electron chi connectivity index (χ4n) is 1.48. The molecule has 0 radical (unpaired) electrons. The second-order valence-electron chi connectivity index (χ2n) is 5.34. The van der Waals surface area contributed by atoms with E-state index in [2.05, 4.69) is 33.1 Å². The van der Waals surface area contributed by atoms with Crippen molar-refractivity contribution in [2.75, 3.05) is 13.7 Å². The number of methoxy groups -OCH3 is 1. The molecule has 0 saturated carbocycles. The number of amides is 1. The summed E-state index contributed by atoms with van der Waals surface area (Å²) in [5, 5.41) is 2.52. The van der Waals surface area contributed by atoms with Gasteiger partial charge in [-0.25, -0.2) is 9.59 Å². The number of hydrogen-bond acceptors (Lipinski definition) is 4. The van der Waals surface area contributed by atoms with Crippen molar-refractivity contribution in [2.45, 2.75) is 26.4 Å². The van der Waals surface area contributed by atoms with Gasteiger partial charge >= 0.3 is 12.1 Å². The number of nitrogens with one attached hydrogen (secondary N) is 1. The molecule has 5 nitrogen and oxygen atoms in total. The maximum absolute atomic E-state index is 11.6. The number of benzene rings is 1. The average molecular weight is 368 g/mol. The van der Waals surface area contributed by atoms with Crippen LogP contribution in [0.15, 0.2) is 22.7 Å². The lowest BCUT2D eigenvalue weighted by Crippen LogP contribution is -2.32. The lowest BCUT2D eigenvalue weighted by Gasteiger charge is -2.19. The van der Waals surface area contributed by atoms with Gasteiger partial charge < -0.3 is 14.8 Å². The average Bonchev–Trinajstić information content (AvgIpc) is 2.41. The van der Waals surface area contributed by atoms with Crippen LogP contribution in [-0.2, 0) is 9.47 Å². The minimum absolute atomic E-state index is 0.113. The van der Waals surface area contributed by atoms with Crippen molar-refractivity contribution >= 4 is 28.0 Å².